The molecule has 1 nitrogen and oxygen atoms in total. The second kappa shape index (κ2) is 9.85. The van der Waals surface area contributed by atoms with Crippen LogP contribution in [-0.2, 0) is 18.6 Å². The summed E-state index contributed by atoms with van der Waals surface area (Å²) in [5.41, 5.74) is 4.25. The van der Waals surface area contributed by atoms with Gasteiger partial charge in [-0.15, -0.1) is 13.3 Å². The first-order chi connectivity index (χ1) is 8.18. The Bertz CT molecular complexity index is 287. The molecule has 0 heterocycles. The third-order valence-corrected chi connectivity index (χ3v) is 3.61. The van der Waals surface area contributed by atoms with E-state index in [0.717, 1.165) is 6.42 Å². The number of hydrogen-bond donors (Lipinski definition) is 0. The van der Waals surface area contributed by atoms with Crippen molar-refractivity contribution >= 4 is 0 Å². The van der Waals surface area contributed by atoms with Gasteiger partial charge in [-0.2, -0.15) is 11.1 Å². The van der Waals surface area contributed by atoms with Crippen molar-refractivity contribution in [2.45, 2.75) is 86.9 Å². The maximum absolute atomic E-state index is 3.26. The fourth-order valence-corrected chi connectivity index (χ4v) is 2.64. The van der Waals surface area contributed by atoms with Crippen LogP contribution >= 0.6 is 0 Å². The normalized spacial score (nSPS) is 14.9. The first kappa shape index (κ1) is 21.3. The molecule has 1 aliphatic carbocycles. The first-order valence-corrected chi connectivity index (χ1v) is 7.20. The Morgan fingerprint density at radius 1 is 0.842 bits per heavy atom. The van der Waals surface area contributed by atoms with Crippen molar-refractivity contribution in [2.24, 2.45) is 0 Å². The molecule has 2 heteroatoms. The molecule has 1 aliphatic rings. The summed E-state index contributed by atoms with van der Waals surface area (Å²) in [6.07, 6.45) is 4.31. The minimum atomic E-state index is 0. The van der Waals surface area contributed by atoms with Gasteiger partial charge in [0.2, 0.25) is 0 Å². The van der Waals surface area contributed by atoms with Crippen molar-refractivity contribution in [3.63, 3.8) is 0 Å². The van der Waals surface area contributed by atoms with Crippen LogP contribution in [0.4, 0.5) is 0 Å². The summed E-state index contributed by atoms with van der Waals surface area (Å²) in [5, 5.41) is 0. The SMILES string of the molecule is CC(C)N(C(C)C)C(C)C.CC1=[C-]CC(C)=C1C.[V+2]. The van der Waals surface area contributed by atoms with Crippen LogP contribution in [0.1, 0.15) is 68.7 Å². The molecule has 0 unspecified atom stereocenters. The maximum Gasteiger partial charge on any atom is 2.00 e. The van der Waals surface area contributed by atoms with Crippen LogP contribution in [0.15, 0.2) is 16.7 Å². The molecule has 0 aromatic rings. The summed E-state index contributed by atoms with van der Waals surface area (Å²) < 4.78 is 0. The topological polar surface area (TPSA) is 3.24 Å². The Balaban J connectivity index is 0. The minimum Gasteiger partial charge on any atom is -0.296 e. The van der Waals surface area contributed by atoms with Crippen LogP contribution in [-0.4, -0.2) is 23.0 Å². The molecule has 19 heavy (non-hydrogen) atoms. The molecule has 0 saturated heterocycles. The molecule has 0 saturated carbocycles. The van der Waals surface area contributed by atoms with Crippen molar-refractivity contribution < 1.29 is 18.6 Å². The fourth-order valence-electron chi connectivity index (χ4n) is 2.64. The maximum atomic E-state index is 3.26. The van der Waals surface area contributed by atoms with Gasteiger partial charge in [0.05, 0.1) is 0 Å². The van der Waals surface area contributed by atoms with Crippen molar-refractivity contribution in [1.29, 1.82) is 0 Å². The second-order valence-corrected chi connectivity index (χ2v) is 6.11. The Kier molecular flexibility index (Phi) is 11.1. The molecular weight excluding hydrogens is 269 g/mol. The van der Waals surface area contributed by atoms with Gasteiger partial charge in [0.25, 0.3) is 0 Å². The second-order valence-electron chi connectivity index (χ2n) is 6.11. The zero-order valence-corrected chi connectivity index (χ0v) is 15.7. The summed E-state index contributed by atoms with van der Waals surface area (Å²) in [4.78, 5) is 2.50. The van der Waals surface area contributed by atoms with E-state index in [9.17, 15) is 0 Å². The van der Waals surface area contributed by atoms with Crippen LogP contribution in [0.5, 0.6) is 0 Å². The molecule has 0 aromatic heterocycles. The Labute approximate surface area is 133 Å². The number of hydrogen-bond acceptors (Lipinski definition) is 1. The van der Waals surface area contributed by atoms with Gasteiger partial charge in [-0.1, -0.05) is 13.8 Å². The predicted octanol–water partition coefficient (Wildman–Crippen LogP) is 4.99. The van der Waals surface area contributed by atoms with Crippen molar-refractivity contribution in [3.8, 4) is 0 Å². The average Bonchev–Trinajstić information content (AvgIpc) is 2.48. The van der Waals surface area contributed by atoms with Crippen molar-refractivity contribution in [2.75, 3.05) is 0 Å². The molecule has 0 aromatic carbocycles. The van der Waals surface area contributed by atoms with Crippen LogP contribution in [0.2, 0.25) is 0 Å². The smallest absolute Gasteiger partial charge is 0.296 e. The van der Waals surface area contributed by atoms with Gasteiger partial charge in [0, 0.05) is 18.1 Å². The largest absolute Gasteiger partial charge is 2.00 e. The number of allylic oxidation sites excluding steroid dienone is 4. The Morgan fingerprint density at radius 3 is 1.26 bits per heavy atom. The molecule has 1 radical (unpaired) electrons. The van der Waals surface area contributed by atoms with Crippen LogP contribution in [0.25, 0.3) is 0 Å². The molecule has 0 spiro atoms. The summed E-state index contributed by atoms with van der Waals surface area (Å²) in [7, 11) is 0. The zero-order valence-electron chi connectivity index (χ0n) is 14.3. The molecule has 1 rings (SSSR count). The summed E-state index contributed by atoms with van der Waals surface area (Å²) in [6, 6.07) is 2.00. The monoisotopic (exact) mass is 301 g/mol. The quantitative estimate of drug-likeness (QED) is 0.664. The average molecular weight is 301 g/mol. The van der Waals surface area contributed by atoms with E-state index in [0.29, 0.717) is 18.1 Å². The third-order valence-electron chi connectivity index (χ3n) is 3.61. The van der Waals surface area contributed by atoms with Crippen LogP contribution in [0.3, 0.4) is 0 Å². The fraction of sp³-hybridized carbons (Fsp3) is 0.765. The zero-order chi connectivity index (χ0) is 14.5. The van der Waals surface area contributed by atoms with Gasteiger partial charge >= 0.3 is 18.6 Å². The minimum absolute atomic E-state index is 0. The number of rotatable bonds is 3. The van der Waals surface area contributed by atoms with E-state index in [-0.39, 0.29) is 18.6 Å². The van der Waals surface area contributed by atoms with E-state index in [1.807, 2.05) is 0 Å². The van der Waals surface area contributed by atoms with Crippen LogP contribution in [0, 0.1) is 6.08 Å². The molecular formula is C17H32NV+. The van der Waals surface area contributed by atoms with Gasteiger partial charge in [-0.25, -0.2) is 5.57 Å². The Hall–Kier alpha value is 0.0244. The summed E-state index contributed by atoms with van der Waals surface area (Å²) >= 11 is 0. The molecule has 0 aliphatic heterocycles. The number of nitrogens with zero attached hydrogens (tertiary/aromatic N) is 1. The van der Waals surface area contributed by atoms with Gasteiger partial charge in [-0.05, 0) is 41.5 Å². The van der Waals surface area contributed by atoms with E-state index in [1.54, 1.807) is 0 Å². The van der Waals surface area contributed by atoms with Gasteiger partial charge in [0.1, 0.15) is 0 Å². The van der Waals surface area contributed by atoms with Gasteiger partial charge in [-0.3, -0.25) is 11.0 Å². The standard InChI is InChI=1S/C9H21N.C8H11.V/c1-7(2)10(8(3)4)9(5)6;1-6-4-5-7(2)8(6)3;/h7-9H,1-6H3;4H2,1-3H3;/q;-1;+2. The van der Waals surface area contributed by atoms with E-state index < -0.39 is 0 Å². The molecule has 109 valence electrons. The predicted molar refractivity (Wildman–Crippen MR) is 82.7 cm³/mol. The molecule has 0 bridgehead atoms. The van der Waals surface area contributed by atoms with E-state index in [4.69, 9.17) is 0 Å². The first-order valence-electron chi connectivity index (χ1n) is 7.20. The van der Waals surface area contributed by atoms with E-state index in [2.05, 4.69) is 73.3 Å². The summed E-state index contributed by atoms with van der Waals surface area (Å²) in [5.74, 6) is 0. The third kappa shape index (κ3) is 7.39. The van der Waals surface area contributed by atoms with E-state index >= 15 is 0 Å². The Morgan fingerprint density at radius 2 is 1.21 bits per heavy atom. The van der Waals surface area contributed by atoms with E-state index in [1.165, 1.54) is 16.7 Å². The van der Waals surface area contributed by atoms with Crippen molar-refractivity contribution in [3.05, 3.63) is 22.8 Å². The van der Waals surface area contributed by atoms with Crippen molar-refractivity contribution in [1.82, 2.24) is 4.90 Å². The molecule has 0 N–H and O–H groups in total. The van der Waals surface area contributed by atoms with Gasteiger partial charge in [0.15, 0.2) is 0 Å². The van der Waals surface area contributed by atoms with Crippen LogP contribution < -0.4 is 0 Å². The molecule has 0 atom stereocenters. The van der Waals surface area contributed by atoms with Gasteiger partial charge < -0.3 is 0 Å². The molecule has 0 amide bonds. The molecule has 0 fully saturated rings. The summed E-state index contributed by atoms with van der Waals surface area (Å²) in [6.45, 7) is 19.9.